The second kappa shape index (κ2) is 7.38. The van der Waals surface area contributed by atoms with Crippen LogP contribution in [0.1, 0.15) is 15.9 Å². The van der Waals surface area contributed by atoms with Gasteiger partial charge in [0.1, 0.15) is 5.75 Å². The van der Waals surface area contributed by atoms with E-state index in [1.165, 1.54) is 0 Å². The van der Waals surface area contributed by atoms with E-state index >= 15 is 0 Å². The van der Waals surface area contributed by atoms with Gasteiger partial charge in [-0.15, -0.1) is 0 Å². The van der Waals surface area contributed by atoms with Crippen molar-refractivity contribution >= 4 is 44.9 Å². The summed E-state index contributed by atoms with van der Waals surface area (Å²) >= 11 is 8.51. The normalized spacial score (nSPS) is 9.95. The number of hydrogen-bond donors (Lipinski definition) is 2. The van der Waals surface area contributed by atoms with Gasteiger partial charge in [0, 0.05) is 11.3 Å². The van der Waals surface area contributed by atoms with Crippen LogP contribution in [-0.2, 0) is 0 Å². The summed E-state index contributed by atoms with van der Waals surface area (Å²) in [6.07, 6.45) is 0. The third-order valence-electron chi connectivity index (χ3n) is 2.92. The van der Waals surface area contributed by atoms with Gasteiger partial charge in [-0.05, 0) is 71.0 Å². The van der Waals surface area contributed by atoms with Gasteiger partial charge >= 0.3 is 0 Å². The maximum atomic E-state index is 12.2. The summed E-state index contributed by atoms with van der Waals surface area (Å²) in [4.78, 5) is 12.2. The lowest BCUT2D eigenvalue weighted by Crippen LogP contribution is -2.34. The molecule has 0 aromatic heterocycles. The van der Waals surface area contributed by atoms with Gasteiger partial charge in [0.25, 0.3) is 5.91 Å². The van der Waals surface area contributed by atoms with Gasteiger partial charge in [-0.25, -0.2) is 0 Å². The van der Waals surface area contributed by atoms with E-state index in [2.05, 4.69) is 26.6 Å². The molecule has 0 radical (unpaired) electrons. The third kappa shape index (κ3) is 4.29. The van der Waals surface area contributed by atoms with Crippen molar-refractivity contribution in [1.29, 1.82) is 0 Å². The summed E-state index contributed by atoms with van der Waals surface area (Å²) in [5, 5.41) is 5.88. The first-order chi connectivity index (χ1) is 10.5. The van der Waals surface area contributed by atoms with Crippen LogP contribution in [0.5, 0.6) is 5.75 Å². The minimum absolute atomic E-state index is 0.252. The summed E-state index contributed by atoms with van der Waals surface area (Å²) in [5.74, 6) is 0.380. The number of carbonyl (C=O) groups excluding carboxylic acids is 1. The van der Waals surface area contributed by atoms with Gasteiger partial charge < -0.3 is 10.1 Å². The fourth-order valence-corrected chi connectivity index (χ4v) is 2.62. The van der Waals surface area contributed by atoms with Crippen LogP contribution in [0.4, 0.5) is 5.69 Å². The lowest BCUT2D eigenvalue weighted by molar-refractivity contribution is 0.0977. The van der Waals surface area contributed by atoms with Gasteiger partial charge in [0.15, 0.2) is 5.11 Å². The molecule has 0 saturated heterocycles. The number of amides is 1. The number of carbonyl (C=O) groups is 1. The number of methoxy groups -OCH3 is 1. The average Bonchev–Trinajstić information content (AvgIpc) is 2.46. The SMILES string of the molecule is COc1ccc(C(=O)NC(=S)Nc2cccc(C)c2)cc1Br. The van der Waals surface area contributed by atoms with Crippen LogP contribution in [0.2, 0.25) is 0 Å². The summed E-state index contributed by atoms with van der Waals surface area (Å²) in [6.45, 7) is 1.99. The van der Waals surface area contributed by atoms with Gasteiger partial charge in [0.2, 0.25) is 0 Å². The maximum Gasteiger partial charge on any atom is 0.257 e. The average molecular weight is 379 g/mol. The highest BCUT2D eigenvalue weighted by Crippen LogP contribution is 2.25. The van der Waals surface area contributed by atoms with E-state index in [0.717, 1.165) is 11.3 Å². The zero-order valence-corrected chi connectivity index (χ0v) is 14.5. The highest BCUT2D eigenvalue weighted by Gasteiger charge is 2.10. The molecule has 2 aromatic carbocycles. The third-order valence-corrected chi connectivity index (χ3v) is 3.74. The molecule has 0 aliphatic carbocycles. The molecule has 4 nitrogen and oxygen atoms in total. The largest absolute Gasteiger partial charge is 0.496 e. The standard InChI is InChI=1S/C16H15BrN2O2S/c1-10-4-3-5-12(8-10)18-16(22)19-15(20)11-6-7-14(21-2)13(17)9-11/h3-9H,1-2H3,(H2,18,19,20,22). The van der Waals surface area contributed by atoms with Crippen LogP contribution in [0.25, 0.3) is 0 Å². The van der Waals surface area contributed by atoms with Gasteiger partial charge in [0.05, 0.1) is 11.6 Å². The first-order valence-corrected chi connectivity index (χ1v) is 7.72. The molecular weight excluding hydrogens is 364 g/mol. The Balaban J connectivity index is 2.02. The van der Waals surface area contributed by atoms with E-state index < -0.39 is 0 Å². The van der Waals surface area contributed by atoms with Crippen molar-refractivity contribution in [2.24, 2.45) is 0 Å². The Bertz CT molecular complexity index is 719. The molecule has 0 heterocycles. The zero-order valence-electron chi connectivity index (χ0n) is 12.1. The predicted octanol–water partition coefficient (Wildman–Crippen LogP) is 3.89. The molecule has 2 N–H and O–H groups in total. The van der Waals surface area contributed by atoms with Gasteiger partial charge in [-0.2, -0.15) is 0 Å². The van der Waals surface area contributed by atoms with Gasteiger partial charge in [-0.3, -0.25) is 10.1 Å². The minimum atomic E-state index is -0.284. The summed E-state index contributed by atoms with van der Waals surface area (Å²) in [6, 6.07) is 12.8. The molecule has 0 aliphatic heterocycles. The van der Waals surface area contributed by atoms with Crippen molar-refractivity contribution in [3.05, 3.63) is 58.1 Å². The van der Waals surface area contributed by atoms with Crippen molar-refractivity contribution in [3.8, 4) is 5.75 Å². The first-order valence-electron chi connectivity index (χ1n) is 6.52. The topological polar surface area (TPSA) is 50.4 Å². The van der Waals surface area contributed by atoms with Crippen LogP contribution < -0.4 is 15.4 Å². The Morgan fingerprint density at radius 1 is 1.23 bits per heavy atom. The zero-order chi connectivity index (χ0) is 16.1. The highest BCUT2D eigenvalue weighted by atomic mass is 79.9. The lowest BCUT2D eigenvalue weighted by Gasteiger charge is -2.11. The minimum Gasteiger partial charge on any atom is -0.496 e. The van der Waals surface area contributed by atoms with Crippen LogP contribution in [0.15, 0.2) is 46.9 Å². The molecule has 0 saturated carbocycles. The number of halogens is 1. The number of nitrogens with one attached hydrogen (secondary N) is 2. The van der Waals surface area contributed by atoms with Crippen molar-refractivity contribution in [3.63, 3.8) is 0 Å². The van der Waals surface area contributed by atoms with E-state index in [0.29, 0.717) is 15.8 Å². The molecule has 6 heteroatoms. The Morgan fingerprint density at radius 2 is 2.00 bits per heavy atom. The highest BCUT2D eigenvalue weighted by molar-refractivity contribution is 9.10. The smallest absolute Gasteiger partial charge is 0.257 e. The molecule has 0 fully saturated rings. The van der Waals surface area contributed by atoms with E-state index in [4.69, 9.17) is 17.0 Å². The number of aryl methyl sites for hydroxylation is 1. The number of anilines is 1. The number of thiocarbonyl (C=S) groups is 1. The number of hydrogen-bond acceptors (Lipinski definition) is 3. The van der Waals surface area contributed by atoms with Crippen molar-refractivity contribution in [2.75, 3.05) is 12.4 Å². The van der Waals surface area contributed by atoms with E-state index in [1.54, 1.807) is 25.3 Å². The second-order valence-electron chi connectivity index (χ2n) is 4.63. The fraction of sp³-hybridized carbons (Fsp3) is 0.125. The predicted molar refractivity (Wildman–Crippen MR) is 95.6 cm³/mol. The van der Waals surface area contributed by atoms with E-state index in [9.17, 15) is 4.79 Å². The number of ether oxygens (including phenoxy) is 1. The Morgan fingerprint density at radius 3 is 2.64 bits per heavy atom. The molecular formula is C16H15BrN2O2S. The van der Waals surface area contributed by atoms with Crippen molar-refractivity contribution < 1.29 is 9.53 Å². The molecule has 0 atom stereocenters. The molecule has 0 bridgehead atoms. The van der Waals surface area contributed by atoms with Crippen molar-refractivity contribution in [2.45, 2.75) is 6.92 Å². The van der Waals surface area contributed by atoms with Crippen LogP contribution in [0, 0.1) is 6.92 Å². The van der Waals surface area contributed by atoms with Gasteiger partial charge in [-0.1, -0.05) is 12.1 Å². The Hall–Kier alpha value is -1.92. The Kier molecular flexibility index (Phi) is 5.51. The van der Waals surface area contributed by atoms with Crippen LogP contribution in [0.3, 0.4) is 0 Å². The van der Waals surface area contributed by atoms with E-state index in [-0.39, 0.29) is 11.0 Å². The summed E-state index contributed by atoms with van der Waals surface area (Å²) < 4.78 is 5.84. The van der Waals surface area contributed by atoms with E-state index in [1.807, 2.05) is 31.2 Å². The molecule has 22 heavy (non-hydrogen) atoms. The quantitative estimate of drug-likeness (QED) is 0.795. The molecule has 0 aliphatic rings. The molecule has 0 unspecified atom stereocenters. The molecule has 114 valence electrons. The Labute approximate surface area is 143 Å². The number of rotatable bonds is 3. The van der Waals surface area contributed by atoms with Crippen molar-refractivity contribution in [1.82, 2.24) is 5.32 Å². The molecule has 1 amide bonds. The number of benzene rings is 2. The van der Waals surface area contributed by atoms with Crippen LogP contribution >= 0.6 is 28.1 Å². The molecule has 0 spiro atoms. The fourth-order valence-electron chi connectivity index (χ4n) is 1.87. The molecule has 2 rings (SSSR count). The maximum absolute atomic E-state index is 12.2. The summed E-state index contributed by atoms with van der Waals surface area (Å²) in [5.41, 5.74) is 2.43. The monoisotopic (exact) mass is 378 g/mol. The van der Waals surface area contributed by atoms with Crippen LogP contribution in [-0.4, -0.2) is 18.1 Å². The summed E-state index contributed by atoms with van der Waals surface area (Å²) in [7, 11) is 1.57. The lowest BCUT2D eigenvalue weighted by atomic mass is 10.2. The first kappa shape index (κ1) is 16.5. The second-order valence-corrected chi connectivity index (χ2v) is 5.89. The molecule has 2 aromatic rings.